The van der Waals surface area contributed by atoms with Crippen molar-refractivity contribution >= 4 is 20.8 Å². The Balaban J connectivity index is 2.29. The van der Waals surface area contributed by atoms with Crippen LogP contribution in [-0.2, 0) is 22.8 Å². The molecule has 0 bridgehead atoms. The molecule has 0 radical (unpaired) electrons. The minimum atomic E-state index is -2.57. The summed E-state index contributed by atoms with van der Waals surface area (Å²) in [6, 6.07) is 10.2. The molecule has 1 aromatic rings. The SMILES string of the molecule is CO[Si](CCCOC(=O)/C=C\c1ccccc1)(OC)OC. The van der Waals surface area contributed by atoms with E-state index in [0.29, 0.717) is 19.1 Å². The molecule has 0 atom stereocenters. The van der Waals surface area contributed by atoms with E-state index in [0.717, 1.165) is 5.56 Å². The molecule has 0 saturated carbocycles. The molecule has 0 unspecified atom stereocenters. The van der Waals surface area contributed by atoms with Crippen molar-refractivity contribution in [3.05, 3.63) is 42.0 Å². The van der Waals surface area contributed by atoms with Crippen LogP contribution in [0.15, 0.2) is 36.4 Å². The van der Waals surface area contributed by atoms with Gasteiger partial charge in [-0.15, -0.1) is 0 Å². The number of hydrogen-bond donors (Lipinski definition) is 0. The van der Waals surface area contributed by atoms with Gasteiger partial charge in [-0.05, 0) is 18.1 Å². The van der Waals surface area contributed by atoms with Crippen LogP contribution >= 0.6 is 0 Å². The lowest BCUT2D eigenvalue weighted by molar-refractivity contribution is -0.137. The maximum atomic E-state index is 11.6. The first-order chi connectivity index (χ1) is 10.2. The Labute approximate surface area is 126 Å². The van der Waals surface area contributed by atoms with Gasteiger partial charge in [0.1, 0.15) is 0 Å². The zero-order valence-corrected chi connectivity index (χ0v) is 13.7. The molecule has 0 fully saturated rings. The molecule has 1 rings (SSSR count). The van der Waals surface area contributed by atoms with Crippen molar-refractivity contribution in [3.63, 3.8) is 0 Å². The zero-order chi connectivity index (χ0) is 15.6. The second-order valence-corrected chi connectivity index (χ2v) is 7.40. The first-order valence-electron chi connectivity index (χ1n) is 6.71. The first kappa shape index (κ1) is 17.6. The van der Waals surface area contributed by atoms with Gasteiger partial charge in [0.2, 0.25) is 0 Å². The molecule has 5 nitrogen and oxygen atoms in total. The van der Waals surface area contributed by atoms with Gasteiger partial charge in [0.15, 0.2) is 0 Å². The van der Waals surface area contributed by atoms with Gasteiger partial charge >= 0.3 is 14.8 Å². The number of rotatable bonds is 9. The number of benzene rings is 1. The molecule has 21 heavy (non-hydrogen) atoms. The van der Waals surface area contributed by atoms with Crippen molar-refractivity contribution in [1.29, 1.82) is 0 Å². The lowest BCUT2D eigenvalue weighted by Crippen LogP contribution is -2.42. The summed E-state index contributed by atoms with van der Waals surface area (Å²) in [6.07, 6.45) is 3.77. The fourth-order valence-corrected chi connectivity index (χ4v) is 3.48. The molecular formula is C15H22O5Si. The summed E-state index contributed by atoms with van der Waals surface area (Å²) in [6.45, 7) is 0.308. The predicted molar refractivity (Wildman–Crippen MR) is 82.6 cm³/mol. The van der Waals surface area contributed by atoms with Crippen LogP contribution in [0.3, 0.4) is 0 Å². The predicted octanol–water partition coefficient (Wildman–Crippen LogP) is 2.51. The Morgan fingerprint density at radius 2 is 1.71 bits per heavy atom. The highest BCUT2D eigenvalue weighted by Crippen LogP contribution is 2.14. The fraction of sp³-hybridized carbons (Fsp3) is 0.400. The van der Waals surface area contributed by atoms with Gasteiger partial charge in [0.05, 0.1) is 6.61 Å². The topological polar surface area (TPSA) is 54.0 Å². The third-order valence-corrected chi connectivity index (χ3v) is 5.85. The van der Waals surface area contributed by atoms with Crippen LogP contribution in [0, 0.1) is 0 Å². The minimum absolute atomic E-state index is 0.308. The monoisotopic (exact) mass is 310 g/mol. The van der Waals surface area contributed by atoms with Gasteiger partial charge in [-0.3, -0.25) is 0 Å². The lowest BCUT2D eigenvalue weighted by atomic mass is 10.2. The van der Waals surface area contributed by atoms with Crippen LogP contribution in [0.4, 0.5) is 0 Å². The van der Waals surface area contributed by atoms with E-state index in [1.165, 1.54) is 6.08 Å². The Hall–Kier alpha value is -1.47. The van der Waals surface area contributed by atoms with Gasteiger partial charge in [0.25, 0.3) is 0 Å². The van der Waals surface area contributed by atoms with Crippen LogP contribution in [0.1, 0.15) is 12.0 Å². The Morgan fingerprint density at radius 1 is 1.10 bits per heavy atom. The normalized spacial score (nSPS) is 11.8. The molecule has 0 aliphatic rings. The van der Waals surface area contributed by atoms with Gasteiger partial charge < -0.3 is 18.0 Å². The Morgan fingerprint density at radius 3 is 2.29 bits per heavy atom. The molecule has 0 aliphatic heterocycles. The Bertz CT molecular complexity index is 434. The van der Waals surface area contributed by atoms with Crippen molar-refractivity contribution in [3.8, 4) is 0 Å². The average Bonchev–Trinajstić information content (AvgIpc) is 2.55. The molecule has 0 amide bonds. The van der Waals surface area contributed by atoms with Crippen molar-refractivity contribution in [2.24, 2.45) is 0 Å². The highest BCUT2D eigenvalue weighted by molar-refractivity contribution is 6.60. The summed E-state index contributed by atoms with van der Waals surface area (Å²) < 4.78 is 21.0. The molecule has 0 N–H and O–H groups in total. The van der Waals surface area contributed by atoms with E-state index in [9.17, 15) is 4.79 Å². The molecule has 0 aromatic heterocycles. The molecule has 0 saturated heterocycles. The van der Waals surface area contributed by atoms with Gasteiger partial charge in [-0.1, -0.05) is 30.3 Å². The Kier molecular flexibility index (Phi) is 7.92. The average molecular weight is 310 g/mol. The van der Waals surface area contributed by atoms with Gasteiger partial charge in [-0.25, -0.2) is 4.79 Å². The number of carbonyl (C=O) groups is 1. The number of carbonyl (C=O) groups excluding carboxylic acids is 1. The summed E-state index contributed by atoms with van der Waals surface area (Å²) in [5, 5.41) is 0. The third kappa shape index (κ3) is 6.22. The standard InChI is InChI=1S/C15H22O5Si/c1-17-21(18-2,19-3)13-7-12-20-15(16)11-10-14-8-5-4-6-9-14/h4-6,8-11H,7,12-13H2,1-3H3/b11-10-. The summed E-state index contributed by atoms with van der Waals surface area (Å²) in [5.41, 5.74) is 0.957. The van der Waals surface area contributed by atoms with Gasteiger partial charge in [-0.2, -0.15) is 0 Å². The first-order valence-corrected chi connectivity index (χ1v) is 8.64. The van der Waals surface area contributed by atoms with E-state index in [1.807, 2.05) is 30.3 Å². The summed E-state index contributed by atoms with van der Waals surface area (Å²) >= 11 is 0. The van der Waals surface area contributed by atoms with Crippen LogP contribution in [0.25, 0.3) is 6.08 Å². The fourth-order valence-electron chi connectivity index (χ4n) is 1.79. The number of esters is 1. The summed E-state index contributed by atoms with van der Waals surface area (Å²) in [7, 11) is 2.12. The number of ether oxygens (including phenoxy) is 1. The van der Waals surface area contributed by atoms with E-state index in [-0.39, 0.29) is 5.97 Å². The maximum Gasteiger partial charge on any atom is 0.500 e. The molecule has 6 heteroatoms. The summed E-state index contributed by atoms with van der Waals surface area (Å²) in [4.78, 5) is 11.6. The quantitative estimate of drug-likeness (QED) is 0.304. The van der Waals surface area contributed by atoms with Crippen molar-refractivity contribution < 1.29 is 22.8 Å². The van der Waals surface area contributed by atoms with E-state index in [4.69, 9.17) is 18.0 Å². The highest BCUT2D eigenvalue weighted by Gasteiger charge is 2.36. The maximum absolute atomic E-state index is 11.6. The van der Waals surface area contributed by atoms with Crippen molar-refractivity contribution in [2.45, 2.75) is 12.5 Å². The smallest absolute Gasteiger partial charge is 0.463 e. The van der Waals surface area contributed by atoms with Crippen molar-refractivity contribution in [2.75, 3.05) is 27.9 Å². The molecular weight excluding hydrogens is 288 g/mol. The molecule has 116 valence electrons. The largest absolute Gasteiger partial charge is 0.500 e. The van der Waals surface area contributed by atoms with Crippen LogP contribution < -0.4 is 0 Å². The second-order valence-electron chi connectivity index (χ2n) is 4.31. The van der Waals surface area contributed by atoms with E-state index in [1.54, 1.807) is 27.4 Å². The van der Waals surface area contributed by atoms with E-state index in [2.05, 4.69) is 0 Å². The molecule has 0 aliphatic carbocycles. The van der Waals surface area contributed by atoms with Crippen LogP contribution in [-0.4, -0.2) is 42.7 Å². The van der Waals surface area contributed by atoms with Gasteiger partial charge in [0, 0.05) is 33.4 Å². The lowest BCUT2D eigenvalue weighted by Gasteiger charge is -2.23. The summed E-state index contributed by atoms with van der Waals surface area (Å²) in [5.74, 6) is -0.363. The second kappa shape index (κ2) is 9.46. The van der Waals surface area contributed by atoms with Crippen molar-refractivity contribution in [1.82, 2.24) is 0 Å². The highest BCUT2D eigenvalue weighted by atomic mass is 28.4. The van der Waals surface area contributed by atoms with E-state index < -0.39 is 8.80 Å². The van der Waals surface area contributed by atoms with Crippen LogP contribution in [0.2, 0.25) is 6.04 Å². The molecule has 0 spiro atoms. The molecule has 0 heterocycles. The molecule has 1 aromatic carbocycles. The minimum Gasteiger partial charge on any atom is -0.463 e. The number of hydrogen-bond acceptors (Lipinski definition) is 5. The van der Waals surface area contributed by atoms with Crippen LogP contribution in [0.5, 0.6) is 0 Å². The zero-order valence-electron chi connectivity index (χ0n) is 12.7. The third-order valence-electron chi connectivity index (χ3n) is 3.02. The van der Waals surface area contributed by atoms with E-state index >= 15 is 0 Å².